The highest BCUT2D eigenvalue weighted by Gasteiger charge is 2.33. The Kier molecular flexibility index (Phi) is 8.12. The lowest BCUT2D eigenvalue weighted by Gasteiger charge is -2.12. The lowest BCUT2D eigenvalue weighted by Crippen LogP contribution is -2.34. The van der Waals surface area contributed by atoms with Gasteiger partial charge in [0.05, 0.1) is 16.5 Å². The van der Waals surface area contributed by atoms with Crippen LogP contribution in [0.2, 0.25) is 10.0 Å². The highest BCUT2D eigenvalue weighted by molar-refractivity contribution is 8.26. The lowest BCUT2D eigenvalue weighted by atomic mass is 10.1. The third-order valence-electron chi connectivity index (χ3n) is 3.54. The number of amides is 1. The van der Waals surface area contributed by atoms with E-state index in [2.05, 4.69) is 0 Å². The second kappa shape index (κ2) is 10.1. The number of rotatable bonds is 6. The number of thiocarbonyl (C=S) groups is 1. The van der Waals surface area contributed by atoms with Gasteiger partial charge in [0.1, 0.15) is 16.6 Å². The zero-order chi connectivity index (χ0) is 20.8. The van der Waals surface area contributed by atoms with Gasteiger partial charge in [0.25, 0.3) is 5.91 Å². The fourth-order valence-corrected chi connectivity index (χ4v) is 4.03. The number of carbonyl (C=O) groups is 2. The molecule has 1 aliphatic heterocycles. The highest BCUT2D eigenvalue weighted by Crippen LogP contribution is 2.32. The van der Waals surface area contributed by atoms with Crippen molar-refractivity contribution >= 4 is 69.1 Å². The SMILES string of the molecule is CCOC(=O)CN1C(=O)C(=CC(C)=C/C=C(\O)c2ccc(Cl)cc2Cl)SC1=S. The predicted octanol–water partition coefficient (Wildman–Crippen LogP) is 5.15. The van der Waals surface area contributed by atoms with Gasteiger partial charge in [-0.05, 0) is 49.8 Å². The van der Waals surface area contributed by atoms with Gasteiger partial charge in [-0.25, -0.2) is 0 Å². The molecule has 0 aromatic heterocycles. The minimum Gasteiger partial charge on any atom is -0.507 e. The van der Waals surface area contributed by atoms with E-state index in [0.29, 0.717) is 30.4 Å². The smallest absolute Gasteiger partial charge is 0.326 e. The maximum atomic E-state index is 12.4. The molecule has 1 aromatic carbocycles. The lowest BCUT2D eigenvalue weighted by molar-refractivity contribution is -0.145. The number of halogens is 2. The molecule has 0 radical (unpaired) electrons. The fraction of sp³-hybridized carbons (Fsp3) is 0.211. The van der Waals surface area contributed by atoms with Crippen molar-refractivity contribution < 1.29 is 19.4 Å². The van der Waals surface area contributed by atoms with Crippen LogP contribution in [0.25, 0.3) is 5.76 Å². The first-order valence-electron chi connectivity index (χ1n) is 8.17. The molecule has 0 bridgehead atoms. The Morgan fingerprint density at radius 1 is 1.36 bits per heavy atom. The van der Waals surface area contributed by atoms with Crippen molar-refractivity contribution in [2.45, 2.75) is 13.8 Å². The summed E-state index contributed by atoms with van der Waals surface area (Å²) in [5, 5.41) is 11.0. The molecule has 5 nitrogen and oxygen atoms in total. The summed E-state index contributed by atoms with van der Waals surface area (Å²) < 4.78 is 5.15. The first kappa shape index (κ1) is 22.5. The molecule has 0 atom stereocenters. The summed E-state index contributed by atoms with van der Waals surface area (Å²) in [6, 6.07) is 4.77. The van der Waals surface area contributed by atoms with Crippen molar-refractivity contribution in [3.05, 3.63) is 62.5 Å². The molecule has 1 aliphatic rings. The van der Waals surface area contributed by atoms with Gasteiger partial charge < -0.3 is 9.84 Å². The van der Waals surface area contributed by atoms with Crippen LogP contribution in [-0.2, 0) is 14.3 Å². The Balaban J connectivity index is 2.14. The second-order valence-electron chi connectivity index (χ2n) is 5.66. The Labute approximate surface area is 182 Å². The molecule has 0 unspecified atom stereocenters. The largest absolute Gasteiger partial charge is 0.507 e. The van der Waals surface area contributed by atoms with Crippen molar-refractivity contribution in [2.24, 2.45) is 0 Å². The molecule has 1 aromatic rings. The van der Waals surface area contributed by atoms with Crippen LogP contribution in [0.1, 0.15) is 19.4 Å². The average Bonchev–Trinajstić information content (AvgIpc) is 2.87. The van der Waals surface area contributed by atoms with E-state index in [-0.39, 0.29) is 24.8 Å². The molecule has 1 heterocycles. The number of hydrogen-bond donors (Lipinski definition) is 1. The number of benzene rings is 1. The summed E-state index contributed by atoms with van der Waals surface area (Å²) in [5.74, 6) is -0.908. The number of nitrogens with zero attached hydrogens (tertiary/aromatic N) is 1. The maximum Gasteiger partial charge on any atom is 0.326 e. The number of aliphatic hydroxyl groups excluding tert-OH is 1. The van der Waals surface area contributed by atoms with Gasteiger partial charge in [0.15, 0.2) is 0 Å². The topological polar surface area (TPSA) is 66.8 Å². The van der Waals surface area contributed by atoms with E-state index in [1.807, 2.05) is 0 Å². The van der Waals surface area contributed by atoms with Crippen LogP contribution in [-0.4, -0.2) is 39.4 Å². The van der Waals surface area contributed by atoms with Crippen molar-refractivity contribution in [1.82, 2.24) is 4.90 Å². The molecular formula is C19H17Cl2NO4S2. The van der Waals surface area contributed by atoms with Gasteiger partial charge in [0.2, 0.25) is 0 Å². The monoisotopic (exact) mass is 457 g/mol. The van der Waals surface area contributed by atoms with Crippen molar-refractivity contribution in [3.63, 3.8) is 0 Å². The van der Waals surface area contributed by atoms with Crippen LogP contribution in [0.5, 0.6) is 0 Å². The van der Waals surface area contributed by atoms with E-state index in [1.54, 1.807) is 38.1 Å². The minimum atomic E-state index is -0.514. The molecular weight excluding hydrogens is 441 g/mol. The van der Waals surface area contributed by atoms with Crippen LogP contribution >= 0.6 is 47.2 Å². The fourth-order valence-electron chi connectivity index (χ4n) is 2.22. The predicted molar refractivity (Wildman–Crippen MR) is 117 cm³/mol. The van der Waals surface area contributed by atoms with Crippen LogP contribution in [0.3, 0.4) is 0 Å². The van der Waals surface area contributed by atoms with Gasteiger partial charge in [-0.1, -0.05) is 53.3 Å². The summed E-state index contributed by atoms with van der Waals surface area (Å²) in [4.78, 5) is 25.7. The van der Waals surface area contributed by atoms with E-state index in [9.17, 15) is 14.7 Å². The Morgan fingerprint density at radius 2 is 2.07 bits per heavy atom. The van der Waals surface area contributed by atoms with E-state index in [0.717, 1.165) is 11.8 Å². The average molecular weight is 458 g/mol. The van der Waals surface area contributed by atoms with Crippen LogP contribution in [0.15, 0.2) is 46.9 Å². The third kappa shape index (κ3) is 5.85. The molecule has 0 saturated carbocycles. The zero-order valence-electron chi connectivity index (χ0n) is 15.1. The Hall–Kier alpha value is -1.80. The molecule has 1 saturated heterocycles. The van der Waals surface area contributed by atoms with Gasteiger partial charge in [-0.15, -0.1) is 0 Å². The van der Waals surface area contributed by atoms with Gasteiger partial charge in [0, 0.05) is 10.6 Å². The summed E-state index contributed by atoms with van der Waals surface area (Å²) in [5.41, 5.74) is 1.14. The summed E-state index contributed by atoms with van der Waals surface area (Å²) in [6.45, 7) is 3.48. The van der Waals surface area contributed by atoms with Crippen LogP contribution < -0.4 is 0 Å². The highest BCUT2D eigenvalue weighted by atomic mass is 35.5. The third-order valence-corrected chi connectivity index (χ3v) is 5.46. The summed E-state index contributed by atoms with van der Waals surface area (Å²) in [7, 11) is 0. The van der Waals surface area contributed by atoms with Crippen molar-refractivity contribution in [2.75, 3.05) is 13.2 Å². The second-order valence-corrected chi connectivity index (χ2v) is 8.18. The normalized spacial score (nSPS) is 16.9. The van der Waals surface area contributed by atoms with Gasteiger partial charge >= 0.3 is 5.97 Å². The molecule has 148 valence electrons. The quantitative estimate of drug-likeness (QED) is 0.209. The summed E-state index contributed by atoms with van der Waals surface area (Å²) in [6.07, 6.45) is 4.75. The molecule has 9 heteroatoms. The molecule has 28 heavy (non-hydrogen) atoms. The standard InChI is InChI=1S/C19H17Cl2NO4S2/c1-3-26-17(24)10-22-18(25)16(28-19(22)27)8-11(2)4-7-15(23)13-6-5-12(20)9-14(13)21/h4-9,23H,3,10H2,1-2H3/b11-4?,15-7-,16-8?. The number of hydrogen-bond acceptors (Lipinski definition) is 6. The number of ether oxygens (including phenoxy) is 1. The molecule has 1 N–H and O–H groups in total. The van der Waals surface area contributed by atoms with Gasteiger partial charge in [-0.2, -0.15) is 0 Å². The zero-order valence-corrected chi connectivity index (χ0v) is 18.2. The Morgan fingerprint density at radius 3 is 2.71 bits per heavy atom. The molecule has 1 fully saturated rings. The molecule has 0 aliphatic carbocycles. The number of esters is 1. The van der Waals surface area contributed by atoms with E-state index < -0.39 is 5.97 Å². The van der Waals surface area contributed by atoms with E-state index in [1.165, 1.54) is 17.0 Å². The van der Waals surface area contributed by atoms with Gasteiger partial charge in [-0.3, -0.25) is 14.5 Å². The van der Waals surface area contributed by atoms with Crippen LogP contribution in [0, 0.1) is 0 Å². The Bertz CT molecular complexity index is 909. The number of thioether (sulfide) groups is 1. The van der Waals surface area contributed by atoms with Crippen molar-refractivity contribution in [1.29, 1.82) is 0 Å². The maximum absolute atomic E-state index is 12.4. The first-order chi connectivity index (χ1) is 13.2. The molecule has 1 amide bonds. The molecule has 0 spiro atoms. The summed E-state index contributed by atoms with van der Waals surface area (Å²) >= 11 is 18.2. The molecule has 2 rings (SSSR count). The number of carbonyl (C=O) groups excluding carboxylic acids is 2. The van der Waals surface area contributed by atoms with Crippen molar-refractivity contribution in [3.8, 4) is 0 Å². The van der Waals surface area contributed by atoms with Crippen LogP contribution in [0.4, 0.5) is 0 Å². The number of aliphatic hydroxyl groups is 1. The first-order valence-corrected chi connectivity index (χ1v) is 10.1. The van der Waals surface area contributed by atoms with E-state index >= 15 is 0 Å². The number of allylic oxidation sites excluding steroid dienone is 4. The van der Waals surface area contributed by atoms with E-state index in [4.69, 9.17) is 40.2 Å². The minimum absolute atomic E-state index is 0.0377.